The summed E-state index contributed by atoms with van der Waals surface area (Å²) in [6, 6.07) is 7.47. The standard InChI is InChI=1S/C18H30N2/c1-13(2)18(11-19)12-20-14(3)16-9-8-15-6-4-5-7-17(15)10-16/h8-10,13-14,18,20H,4-7,11-12,19H2,1-3H3. The minimum absolute atomic E-state index is 0.412. The van der Waals surface area contributed by atoms with Gasteiger partial charge in [-0.25, -0.2) is 0 Å². The summed E-state index contributed by atoms with van der Waals surface area (Å²) in [6.07, 6.45) is 5.22. The molecule has 0 bridgehead atoms. The third-order valence-corrected chi connectivity index (χ3v) is 4.80. The maximum atomic E-state index is 5.85. The van der Waals surface area contributed by atoms with Gasteiger partial charge < -0.3 is 11.1 Å². The van der Waals surface area contributed by atoms with Crippen molar-refractivity contribution in [3.05, 3.63) is 34.9 Å². The maximum absolute atomic E-state index is 5.85. The predicted octanol–water partition coefficient (Wildman–Crippen LogP) is 3.45. The first-order valence-electron chi connectivity index (χ1n) is 8.17. The first kappa shape index (κ1) is 15.5. The van der Waals surface area contributed by atoms with Crippen LogP contribution >= 0.6 is 0 Å². The van der Waals surface area contributed by atoms with E-state index in [1.807, 2.05) is 0 Å². The molecular weight excluding hydrogens is 244 g/mol. The van der Waals surface area contributed by atoms with E-state index in [0.29, 0.717) is 17.9 Å². The van der Waals surface area contributed by atoms with Gasteiger partial charge >= 0.3 is 0 Å². The Bertz CT molecular complexity index is 425. The van der Waals surface area contributed by atoms with Gasteiger partial charge in [0.15, 0.2) is 0 Å². The van der Waals surface area contributed by atoms with Gasteiger partial charge in [-0.15, -0.1) is 0 Å². The van der Waals surface area contributed by atoms with E-state index in [-0.39, 0.29) is 0 Å². The molecule has 1 aliphatic carbocycles. The molecule has 3 N–H and O–H groups in total. The molecule has 2 unspecified atom stereocenters. The Kier molecular flexibility index (Phi) is 5.62. The summed E-state index contributed by atoms with van der Waals surface area (Å²) in [4.78, 5) is 0. The van der Waals surface area contributed by atoms with Crippen LogP contribution in [0.15, 0.2) is 18.2 Å². The normalized spacial score (nSPS) is 17.9. The summed E-state index contributed by atoms with van der Waals surface area (Å²) in [5, 5.41) is 3.66. The van der Waals surface area contributed by atoms with E-state index >= 15 is 0 Å². The van der Waals surface area contributed by atoms with E-state index in [2.05, 4.69) is 44.3 Å². The van der Waals surface area contributed by atoms with Gasteiger partial charge in [0.2, 0.25) is 0 Å². The zero-order chi connectivity index (χ0) is 14.5. The van der Waals surface area contributed by atoms with Crippen LogP contribution in [0.2, 0.25) is 0 Å². The summed E-state index contributed by atoms with van der Waals surface area (Å²) in [5.74, 6) is 1.21. The number of fused-ring (bicyclic) bond motifs is 1. The van der Waals surface area contributed by atoms with Crippen LogP contribution in [0.1, 0.15) is 56.3 Å². The second kappa shape index (κ2) is 7.24. The van der Waals surface area contributed by atoms with E-state index < -0.39 is 0 Å². The summed E-state index contributed by atoms with van der Waals surface area (Å²) in [5.41, 5.74) is 10.4. The highest BCUT2D eigenvalue weighted by Crippen LogP contribution is 2.25. The Morgan fingerprint density at radius 1 is 1.10 bits per heavy atom. The minimum atomic E-state index is 0.412. The molecule has 0 fully saturated rings. The molecule has 1 aromatic rings. The van der Waals surface area contributed by atoms with Crippen LogP contribution < -0.4 is 11.1 Å². The number of nitrogens with one attached hydrogen (secondary N) is 1. The lowest BCUT2D eigenvalue weighted by Gasteiger charge is -2.24. The van der Waals surface area contributed by atoms with Gasteiger partial charge in [0, 0.05) is 6.04 Å². The van der Waals surface area contributed by atoms with Crippen LogP contribution in [0.4, 0.5) is 0 Å². The van der Waals surface area contributed by atoms with Crippen LogP contribution in [0.25, 0.3) is 0 Å². The van der Waals surface area contributed by atoms with Gasteiger partial charge in [-0.05, 0) is 74.2 Å². The molecule has 1 aromatic carbocycles. The van der Waals surface area contributed by atoms with Crippen LogP contribution in [-0.2, 0) is 12.8 Å². The zero-order valence-corrected chi connectivity index (χ0v) is 13.3. The fourth-order valence-corrected chi connectivity index (χ4v) is 3.06. The van der Waals surface area contributed by atoms with Crippen molar-refractivity contribution >= 4 is 0 Å². The van der Waals surface area contributed by atoms with Crippen molar-refractivity contribution in [3.8, 4) is 0 Å². The molecule has 0 spiro atoms. The summed E-state index contributed by atoms with van der Waals surface area (Å²) < 4.78 is 0. The molecule has 0 saturated heterocycles. The van der Waals surface area contributed by atoms with E-state index in [1.165, 1.54) is 31.2 Å². The van der Waals surface area contributed by atoms with Crippen molar-refractivity contribution in [2.24, 2.45) is 17.6 Å². The van der Waals surface area contributed by atoms with E-state index in [4.69, 9.17) is 5.73 Å². The van der Waals surface area contributed by atoms with Crippen LogP contribution in [0.3, 0.4) is 0 Å². The molecule has 20 heavy (non-hydrogen) atoms. The molecule has 2 nitrogen and oxygen atoms in total. The molecule has 2 rings (SSSR count). The smallest absolute Gasteiger partial charge is 0.0292 e. The molecule has 1 aliphatic rings. The average molecular weight is 274 g/mol. The molecular formula is C18H30N2. The number of benzene rings is 1. The second-order valence-corrected chi connectivity index (χ2v) is 6.60. The number of nitrogens with two attached hydrogens (primary N) is 1. The molecule has 112 valence electrons. The minimum Gasteiger partial charge on any atom is -0.330 e. The molecule has 0 saturated carbocycles. The monoisotopic (exact) mass is 274 g/mol. The van der Waals surface area contributed by atoms with Gasteiger partial charge in [-0.2, -0.15) is 0 Å². The fourth-order valence-electron chi connectivity index (χ4n) is 3.06. The summed E-state index contributed by atoms with van der Waals surface area (Å²) in [7, 11) is 0. The maximum Gasteiger partial charge on any atom is 0.0292 e. The summed E-state index contributed by atoms with van der Waals surface area (Å²) in [6.45, 7) is 8.54. The van der Waals surface area contributed by atoms with Gasteiger partial charge in [-0.3, -0.25) is 0 Å². The number of aryl methyl sites for hydroxylation is 2. The predicted molar refractivity (Wildman–Crippen MR) is 86.9 cm³/mol. The van der Waals surface area contributed by atoms with Gasteiger partial charge in [0.05, 0.1) is 0 Å². The van der Waals surface area contributed by atoms with Crippen molar-refractivity contribution in [2.45, 2.75) is 52.5 Å². The second-order valence-electron chi connectivity index (χ2n) is 6.60. The van der Waals surface area contributed by atoms with E-state index in [9.17, 15) is 0 Å². The molecule has 2 atom stereocenters. The van der Waals surface area contributed by atoms with Crippen molar-refractivity contribution in [1.29, 1.82) is 0 Å². The molecule has 0 aromatic heterocycles. The number of rotatable bonds is 6. The number of hydrogen-bond acceptors (Lipinski definition) is 2. The third-order valence-electron chi connectivity index (χ3n) is 4.80. The fraction of sp³-hybridized carbons (Fsp3) is 0.667. The van der Waals surface area contributed by atoms with Crippen LogP contribution in [0, 0.1) is 11.8 Å². The highest BCUT2D eigenvalue weighted by atomic mass is 14.9. The Balaban J connectivity index is 1.97. The van der Waals surface area contributed by atoms with Gasteiger partial charge in [0.25, 0.3) is 0 Å². The number of hydrogen-bond donors (Lipinski definition) is 2. The Hall–Kier alpha value is -0.860. The molecule has 0 heterocycles. The van der Waals surface area contributed by atoms with Crippen molar-refractivity contribution in [2.75, 3.05) is 13.1 Å². The van der Waals surface area contributed by atoms with Gasteiger partial charge in [0.1, 0.15) is 0 Å². The quantitative estimate of drug-likeness (QED) is 0.834. The van der Waals surface area contributed by atoms with Crippen molar-refractivity contribution in [1.82, 2.24) is 5.32 Å². The first-order valence-corrected chi connectivity index (χ1v) is 8.17. The molecule has 2 heteroatoms. The zero-order valence-electron chi connectivity index (χ0n) is 13.3. The third kappa shape index (κ3) is 3.83. The SMILES string of the molecule is CC(NCC(CN)C(C)C)c1ccc2c(c1)CCCC2. The molecule has 0 aliphatic heterocycles. The molecule has 0 amide bonds. The highest BCUT2D eigenvalue weighted by molar-refractivity contribution is 5.35. The summed E-state index contributed by atoms with van der Waals surface area (Å²) >= 11 is 0. The van der Waals surface area contributed by atoms with E-state index in [0.717, 1.165) is 13.1 Å². The van der Waals surface area contributed by atoms with Crippen LogP contribution in [0.5, 0.6) is 0 Å². The first-order chi connectivity index (χ1) is 9.61. The average Bonchev–Trinajstić information content (AvgIpc) is 2.46. The van der Waals surface area contributed by atoms with Gasteiger partial charge in [-0.1, -0.05) is 32.0 Å². The topological polar surface area (TPSA) is 38.0 Å². The highest BCUT2D eigenvalue weighted by Gasteiger charge is 2.15. The van der Waals surface area contributed by atoms with Crippen molar-refractivity contribution in [3.63, 3.8) is 0 Å². The lowest BCUT2D eigenvalue weighted by Crippen LogP contribution is -2.33. The lowest BCUT2D eigenvalue weighted by molar-refractivity contribution is 0.356. The van der Waals surface area contributed by atoms with Crippen LogP contribution in [-0.4, -0.2) is 13.1 Å². The Labute approximate surface area is 124 Å². The Morgan fingerprint density at radius 3 is 2.45 bits per heavy atom. The Morgan fingerprint density at radius 2 is 1.80 bits per heavy atom. The molecule has 0 radical (unpaired) electrons. The van der Waals surface area contributed by atoms with Crippen molar-refractivity contribution < 1.29 is 0 Å². The lowest BCUT2D eigenvalue weighted by atomic mass is 9.89. The largest absolute Gasteiger partial charge is 0.330 e. The van der Waals surface area contributed by atoms with E-state index in [1.54, 1.807) is 11.1 Å².